The molecule has 1 amide bonds. The van der Waals surface area contributed by atoms with E-state index in [4.69, 9.17) is 4.74 Å². The van der Waals surface area contributed by atoms with E-state index in [1.807, 2.05) is 0 Å². The average molecular weight is 427 g/mol. The molecule has 2 aliphatic rings. The summed E-state index contributed by atoms with van der Waals surface area (Å²) >= 11 is 0. The molecule has 0 radical (unpaired) electrons. The number of amides is 1. The molecule has 1 unspecified atom stereocenters. The van der Waals surface area contributed by atoms with Gasteiger partial charge in [0.05, 0.1) is 17.5 Å². The van der Waals surface area contributed by atoms with Crippen LogP contribution < -0.4 is 4.74 Å². The van der Waals surface area contributed by atoms with Crippen LogP contribution >= 0.6 is 0 Å². The number of hydrogen-bond donors (Lipinski definition) is 0. The number of hydrogen-bond acceptors (Lipinski definition) is 5. The van der Waals surface area contributed by atoms with Crippen LogP contribution in [0.1, 0.15) is 35.3 Å². The largest absolute Gasteiger partial charge is 0.439 e. The van der Waals surface area contributed by atoms with Crippen LogP contribution in [0.4, 0.5) is 13.2 Å². The van der Waals surface area contributed by atoms with Gasteiger partial charge in [0.25, 0.3) is 0 Å². The topological polar surface area (TPSA) is 72.4 Å². The predicted molar refractivity (Wildman–Crippen MR) is 104 cm³/mol. The summed E-state index contributed by atoms with van der Waals surface area (Å²) in [5.41, 5.74) is -0.710. The zero-order chi connectivity index (χ0) is 21.8. The maximum atomic E-state index is 13.1. The number of carbonyl (C=O) groups is 2. The zero-order valence-corrected chi connectivity index (χ0v) is 16.1. The summed E-state index contributed by atoms with van der Waals surface area (Å²) in [5.74, 6) is 0.277. The number of ether oxygens (including phenoxy) is 1. The van der Waals surface area contributed by atoms with Crippen molar-refractivity contribution in [1.82, 2.24) is 14.9 Å². The molecule has 4 heterocycles. The first kappa shape index (κ1) is 19.5. The van der Waals surface area contributed by atoms with Crippen LogP contribution in [0.25, 0.3) is 10.9 Å². The van der Waals surface area contributed by atoms with E-state index in [0.29, 0.717) is 41.5 Å². The predicted octanol–water partition coefficient (Wildman–Crippen LogP) is 4.39. The van der Waals surface area contributed by atoms with Gasteiger partial charge >= 0.3 is 6.18 Å². The highest BCUT2D eigenvalue weighted by Gasteiger charge is 2.58. The van der Waals surface area contributed by atoms with Gasteiger partial charge in [0.1, 0.15) is 17.0 Å². The summed E-state index contributed by atoms with van der Waals surface area (Å²) in [6.07, 6.45) is -2.05. The molecule has 2 fully saturated rings. The Morgan fingerprint density at radius 2 is 1.97 bits per heavy atom. The second-order valence-corrected chi connectivity index (χ2v) is 7.72. The van der Waals surface area contributed by atoms with Crippen molar-refractivity contribution < 1.29 is 27.5 Å². The fourth-order valence-electron chi connectivity index (χ4n) is 4.26. The van der Waals surface area contributed by atoms with Gasteiger partial charge in [0.2, 0.25) is 17.6 Å². The molecule has 2 saturated heterocycles. The number of ketones is 1. The lowest BCUT2D eigenvalue weighted by atomic mass is 9.79. The van der Waals surface area contributed by atoms with Crippen LogP contribution in [0.15, 0.2) is 48.7 Å². The summed E-state index contributed by atoms with van der Waals surface area (Å²) in [4.78, 5) is 34.7. The standard InChI is InChI=1S/C22H16F3N3O3/c23-22(24,25)14-3-7-18(26-12-14)31-15-4-6-16-13(10-15)2-5-17(27-16)20(30)21-8-1-9-28(21)19(29)11-21/h2-7,10,12H,1,8-9,11H2. The Bertz CT molecular complexity index is 1210. The Kier molecular flexibility index (Phi) is 4.25. The average Bonchev–Trinajstić information content (AvgIpc) is 3.10. The Labute approximate surface area is 174 Å². The van der Waals surface area contributed by atoms with Crippen molar-refractivity contribution in [3.05, 3.63) is 59.9 Å². The van der Waals surface area contributed by atoms with Gasteiger partial charge in [0.15, 0.2) is 0 Å². The van der Waals surface area contributed by atoms with Gasteiger partial charge in [-0.1, -0.05) is 6.07 Å². The van der Waals surface area contributed by atoms with Gasteiger partial charge in [-0.15, -0.1) is 0 Å². The Balaban J connectivity index is 1.37. The molecule has 6 nitrogen and oxygen atoms in total. The van der Waals surface area contributed by atoms with Crippen molar-refractivity contribution in [3.63, 3.8) is 0 Å². The minimum atomic E-state index is -4.46. The highest BCUT2D eigenvalue weighted by atomic mass is 19.4. The number of pyridine rings is 2. The summed E-state index contributed by atoms with van der Waals surface area (Å²) in [5, 5.41) is 0.700. The molecule has 0 spiro atoms. The summed E-state index contributed by atoms with van der Waals surface area (Å²) in [7, 11) is 0. The summed E-state index contributed by atoms with van der Waals surface area (Å²) < 4.78 is 43.5. The van der Waals surface area contributed by atoms with Crippen molar-refractivity contribution in [3.8, 4) is 11.6 Å². The van der Waals surface area contributed by atoms with Crippen molar-refractivity contribution >= 4 is 22.6 Å². The van der Waals surface area contributed by atoms with Crippen LogP contribution in [0.2, 0.25) is 0 Å². The minimum absolute atomic E-state index is 0.00491. The first-order chi connectivity index (χ1) is 14.8. The highest BCUT2D eigenvalue weighted by molar-refractivity contribution is 6.10. The molecule has 0 aliphatic carbocycles. The molecule has 1 aromatic carbocycles. The summed E-state index contributed by atoms with van der Waals surface area (Å²) in [6.45, 7) is 0.608. The Morgan fingerprint density at radius 3 is 2.68 bits per heavy atom. The van der Waals surface area contributed by atoms with Crippen molar-refractivity contribution in [1.29, 1.82) is 0 Å². The molecule has 0 bridgehead atoms. The summed E-state index contributed by atoms with van der Waals surface area (Å²) in [6, 6.07) is 10.4. The maximum Gasteiger partial charge on any atom is 0.417 e. The van der Waals surface area contributed by atoms with Gasteiger partial charge in [-0.2, -0.15) is 13.2 Å². The molecular weight excluding hydrogens is 411 g/mol. The van der Waals surface area contributed by atoms with Crippen molar-refractivity contribution in [2.24, 2.45) is 0 Å². The lowest BCUT2D eigenvalue weighted by molar-refractivity contribution is -0.148. The number of benzene rings is 1. The quantitative estimate of drug-likeness (QED) is 0.456. The fraction of sp³-hybridized carbons (Fsp3) is 0.273. The van der Waals surface area contributed by atoms with E-state index >= 15 is 0 Å². The smallest absolute Gasteiger partial charge is 0.417 e. The number of β-lactam (4-membered cyclic amide) rings is 1. The molecule has 2 aromatic heterocycles. The van der Waals surface area contributed by atoms with Crippen molar-refractivity contribution in [2.75, 3.05) is 6.54 Å². The monoisotopic (exact) mass is 427 g/mol. The van der Waals surface area contributed by atoms with Gasteiger partial charge < -0.3 is 9.64 Å². The van der Waals surface area contributed by atoms with Crippen LogP contribution in [0.5, 0.6) is 11.6 Å². The van der Waals surface area contributed by atoms with Gasteiger partial charge in [-0.3, -0.25) is 9.59 Å². The third-order valence-electron chi connectivity index (χ3n) is 5.84. The molecule has 5 rings (SSSR count). The highest BCUT2D eigenvalue weighted by Crippen LogP contribution is 2.43. The first-order valence-electron chi connectivity index (χ1n) is 9.73. The minimum Gasteiger partial charge on any atom is -0.439 e. The van der Waals surface area contributed by atoms with Gasteiger partial charge in [-0.05, 0) is 43.2 Å². The van der Waals surface area contributed by atoms with Crippen molar-refractivity contribution in [2.45, 2.75) is 31.0 Å². The molecule has 3 aromatic rings. The Morgan fingerprint density at radius 1 is 1.13 bits per heavy atom. The van der Waals surface area contributed by atoms with Gasteiger partial charge in [-0.25, -0.2) is 9.97 Å². The number of rotatable bonds is 4. The van der Waals surface area contributed by atoms with Crippen LogP contribution in [-0.4, -0.2) is 38.6 Å². The third kappa shape index (κ3) is 3.20. The lowest BCUT2D eigenvalue weighted by Crippen LogP contribution is -2.64. The molecule has 158 valence electrons. The number of aromatic nitrogens is 2. The third-order valence-corrected chi connectivity index (χ3v) is 5.84. The van der Waals surface area contributed by atoms with E-state index in [9.17, 15) is 22.8 Å². The second kappa shape index (κ2) is 6.76. The first-order valence-corrected chi connectivity index (χ1v) is 9.73. The van der Waals surface area contributed by atoms with Crippen LogP contribution in [0, 0.1) is 0 Å². The number of alkyl halides is 3. The lowest BCUT2D eigenvalue weighted by Gasteiger charge is -2.45. The molecule has 0 N–H and O–H groups in total. The zero-order valence-electron chi connectivity index (χ0n) is 16.1. The molecule has 0 saturated carbocycles. The molecule has 31 heavy (non-hydrogen) atoms. The SMILES string of the molecule is O=C1CC2(C(=O)c3ccc4cc(Oc5ccc(C(F)(F)F)cn5)ccc4n3)CCCN12. The molecular formula is C22H16F3N3O3. The molecule has 2 aliphatic heterocycles. The Hall–Kier alpha value is -3.49. The normalized spacial score (nSPS) is 20.5. The van der Waals surface area contributed by atoms with E-state index in [1.165, 1.54) is 0 Å². The number of fused-ring (bicyclic) bond motifs is 2. The van der Waals surface area contributed by atoms with E-state index in [0.717, 1.165) is 18.6 Å². The number of halogens is 3. The number of carbonyl (C=O) groups excluding carboxylic acids is 2. The van der Waals surface area contributed by atoms with Crippen LogP contribution in [0.3, 0.4) is 0 Å². The van der Waals surface area contributed by atoms with E-state index in [-0.39, 0.29) is 24.0 Å². The van der Waals surface area contributed by atoms with E-state index in [2.05, 4.69) is 9.97 Å². The van der Waals surface area contributed by atoms with E-state index < -0.39 is 17.3 Å². The maximum absolute atomic E-state index is 13.1. The van der Waals surface area contributed by atoms with Crippen LogP contribution in [-0.2, 0) is 11.0 Å². The molecule has 1 atom stereocenters. The van der Waals surface area contributed by atoms with E-state index in [1.54, 1.807) is 35.2 Å². The number of nitrogens with zero attached hydrogens (tertiary/aromatic N) is 3. The number of Topliss-reactive ketones (excluding diaryl/α,β-unsaturated/α-hetero) is 1. The van der Waals surface area contributed by atoms with Gasteiger partial charge in [0, 0.05) is 24.2 Å². The fourth-order valence-corrected chi connectivity index (χ4v) is 4.26. The second-order valence-electron chi connectivity index (χ2n) is 7.72. The molecule has 9 heteroatoms.